The van der Waals surface area contributed by atoms with Crippen molar-refractivity contribution in [2.24, 2.45) is 0 Å². The number of hydrogen-bond donors (Lipinski definition) is 2. The molecule has 1 aromatic rings. The largest absolute Gasteiger partial charge is 0.493 e. The first-order valence-electron chi connectivity index (χ1n) is 7.14. The van der Waals surface area contributed by atoms with Crippen LogP contribution in [0.4, 0.5) is 9.59 Å². The summed E-state index contributed by atoms with van der Waals surface area (Å²) in [4.78, 5) is 23.3. The molecule has 0 unspecified atom stereocenters. The van der Waals surface area contributed by atoms with E-state index in [0.717, 1.165) is 0 Å². The molecule has 0 fully saturated rings. The highest BCUT2D eigenvalue weighted by Gasteiger charge is 2.20. The molecular weight excluding hydrogens is 304 g/mol. The van der Waals surface area contributed by atoms with Crippen molar-refractivity contribution in [3.05, 3.63) is 23.8 Å². The van der Waals surface area contributed by atoms with Gasteiger partial charge in [0.25, 0.3) is 0 Å². The first-order chi connectivity index (χ1) is 11.0. The summed E-state index contributed by atoms with van der Waals surface area (Å²) in [5, 5.41) is 5.09. The molecule has 0 bridgehead atoms. The molecule has 0 aliphatic rings. The van der Waals surface area contributed by atoms with Gasteiger partial charge in [-0.3, -0.25) is 10.6 Å². The number of methoxy groups -OCH3 is 2. The average molecular weight is 326 g/mol. The number of benzene rings is 1. The van der Waals surface area contributed by atoms with Gasteiger partial charge in [-0.15, -0.1) is 0 Å². The second kappa shape index (κ2) is 9.39. The van der Waals surface area contributed by atoms with Crippen molar-refractivity contribution in [2.75, 3.05) is 27.4 Å². The molecule has 0 aliphatic carbocycles. The fraction of sp³-hybridized carbons (Fsp3) is 0.467. The highest BCUT2D eigenvalue weighted by atomic mass is 16.6. The zero-order chi connectivity index (χ0) is 17.2. The van der Waals surface area contributed by atoms with Crippen LogP contribution in [-0.4, -0.2) is 39.6 Å². The fourth-order valence-corrected chi connectivity index (χ4v) is 1.82. The number of nitrogens with one attached hydrogen (secondary N) is 2. The van der Waals surface area contributed by atoms with Gasteiger partial charge >= 0.3 is 12.2 Å². The van der Waals surface area contributed by atoms with Crippen LogP contribution in [0.5, 0.6) is 11.5 Å². The lowest BCUT2D eigenvalue weighted by Gasteiger charge is -2.21. The van der Waals surface area contributed by atoms with E-state index in [1.165, 1.54) is 14.2 Å². The lowest BCUT2D eigenvalue weighted by Crippen LogP contribution is -2.41. The SMILES string of the molecule is CCOC(=O)NC(NC(=O)OCC)c1ccc(OC)c(OC)c1. The zero-order valence-corrected chi connectivity index (χ0v) is 13.7. The van der Waals surface area contributed by atoms with Gasteiger partial charge in [0.1, 0.15) is 6.17 Å². The standard InChI is InChI=1S/C15H22N2O6/c1-5-22-14(18)16-13(17-15(19)23-6-2)10-7-8-11(20-3)12(9-10)21-4/h7-9,13H,5-6H2,1-4H3,(H,16,18)(H,17,19). The van der Waals surface area contributed by atoms with Gasteiger partial charge in [0.2, 0.25) is 0 Å². The second-order valence-corrected chi connectivity index (χ2v) is 4.28. The third-order valence-corrected chi connectivity index (χ3v) is 2.82. The Hall–Kier alpha value is -2.64. The van der Waals surface area contributed by atoms with Crippen molar-refractivity contribution in [2.45, 2.75) is 20.0 Å². The van der Waals surface area contributed by atoms with Crippen LogP contribution in [0.2, 0.25) is 0 Å². The van der Waals surface area contributed by atoms with Crippen LogP contribution in [0.25, 0.3) is 0 Å². The second-order valence-electron chi connectivity index (χ2n) is 4.28. The number of ether oxygens (including phenoxy) is 4. The summed E-state index contributed by atoms with van der Waals surface area (Å²) in [6, 6.07) is 4.99. The zero-order valence-electron chi connectivity index (χ0n) is 13.7. The maximum absolute atomic E-state index is 11.7. The van der Waals surface area contributed by atoms with E-state index in [1.54, 1.807) is 32.0 Å². The average Bonchev–Trinajstić information content (AvgIpc) is 2.54. The number of hydrogen-bond acceptors (Lipinski definition) is 6. The van der Waals surface area contributed by atoms with Crippen LogP contribution in [0.1, 0.15) is 25.6 Å². The van der Waals surface area contributed by atoms with Gasteiger partial charge in [-0.1, -0.05) is 6.07 Å². The predicted octanol–water partition coefficient (Wildman–Crippen LogP) is 2.19. The van der Waals surface area contributed by atoms with Crippen LogP contribution >= 0.6 is 0 Å². The molecule has 0 saturated heterocycles. The van der Waals surface area contributed by atoms with E-state index in [1.807, 2.05) is 0 Å². The molecule has 23 heavy (non-hydrogen) atoms. The van der Waals surface area contributed by atoms with Gasteiger partial charge in [-0.05, 0) is 31.5 Å². The van der Waals surface area contributed by atoms with Gasteiger partial charge in [0.15, 0.2) is 11.5 Å². The highest BCUT2D eigenvalue weighted by Crippen LogP contribution is 2.29. The molecule has 0 saturated carbocycles. The minimum Gasteiger partial charge on any atom is -0.493 e. The van der Waals surface area contributed by atoms with E-state index in [0.29, 0.717) is 17.1 Å². The van der Waals surface area contributed by atoms with E-state index in [2.05, 4.69) is 10.6 Å². The molecule has 2 amide bonds. The molecule has 0 atom stereocenters. The van der Waals surface area contributed by atoms with Gasteiger partial charge in [0.05, 0.1) is 27.4 Å². The Labute approximate surface area is 135 Å². The normalized spacial score (nSPS) is 9.96. The number of rotatable bonds is 7. The summed E-state index contributed by atoms with van der Waals surface area (Å²) in [5.74, 6) is 0.994. The number of alkyl carbamates (subject to hydrolysis) is 2. The van der Waals surface area contributed by atoms with Crippen LogP contribution in [0.3, 0.4) is 0 Å². The van der Waals surface area contributed by atoms with E-state index < -0.39 is 18.4 Å². The van der Waals surface area contributed by atoms with Crippen molar-refractivity contribution in [3.63, 3.8) is 0 Å². The van der Waals surface area contributed by atoms with Crippen LogP contribution in [0.15, 0.2) is 18.2 Å². The summed E-state index contributed by atoms with van der Waals surface area (Å²) in [7, 11) is 3.01. The molecule has 0 spiro atoms. The molecule has 0 radical (unpaired) electrons. The van der Waals surface area contributed by atoms with Gasteiger partial charge in [0, 0.05) is 0 Å². The fourth-order valence-electron chi connectivity index (χ4n) is 1.82. The molecule has 1 rings (SSSR count). The van der Waals surface area contributed by atoms with E-state index >= 15 is 0 Å². The molecule has 0 aliphatic heterocycles. The minimum absolute atomic E-state index is 0.212. The summed E-state index contributed by atoms with van der Waals surface area (Å²) in [6.45, 7) is 3.79. The van der Waals surface area contributed by atoms with Crippen molar-refractivity contribution in [3.8, 4) is 11.5 Å². The number of carbonyl (C=O) groups is 2. The molecule has 0 aromatic heterocycles. The van der Waals surface area contributed by atoms with Gasteiger partial charge < -0.3 is 18.9 Å². The molecule has 1 aromatic carbocycles. The Kier molecular flexibility index (Phi) is 7.52. The van der Waals surface area contributed by atoms with Crippen molar-refractivity contribution < 1.29 is 28.5 Å². The topological polar surface area (TPSA) is 95.1 Å². The van der Waals surface area contributed by atoms with Gasteiger partial charge in [-0.2, -0.15) is 0 Å². The van der Waals surface area contributed by atoms with Crippen LogP contribution in [-0.2, 0) is 9.47 Å². The summed E-state index contributed by atoms with van der Waals surface area (Å²) < 4.78 is 20.1. The molecular formula is C15H22N2O6. The number of amides is 2. The van der Waals surface area contributed by atoms with Crippen molar-refractivity contribution in [1.29, 1.82) is 0 Å². The maximum Gasteiger partial charge on any atom is 0.409 e. The molecule has 2 N–H and O–H groups in total. The predicted molar refractivity (Wildman–Crippen MR) is 82.6 cm³/mol. The summed E-state index contributed by atoms with van der Waals surface area (Å²) in [5.41, 5.74) is 0.573. The Bertz CT molecular complexity index is 515. The highest BCUT2D eigenvalue weighted by molar-refractivity contribution is 5.71. The first kappa shape index (κ1) is 18.4. The Morgan fingerprint density at radius 3 is 1.91 bits per heavy atom. The lowest BCUT2D eigenvalue weighted by molar-refractivity contribution is 0.135. The third-order valence-electron chi connectivity index (χ3n) is 2.82. The first-order valence-corrected chi connectivity index (χ1v) is 7.14. The lowest BCUT2D eigenvalue weighted by atomic mass is 10.1. The van der Waals surface area contributed by atoms with Crippen LogP contribution < -0.4 is 20.1 Å². The quantitative estimate of drug-likeness (QED) is 0.746. The Balaban J connectivity index is 3.01. The van der Waals surface area contributed by atoms with Crippen molar-refractivity contribution in [1.82, 2.24) is 10.6 Å². The maximum atomic E-state index is 11.7. The van der Waals surface area contributed by atoms with E-state index in [-0.39, 0.29) is 13.2 Å². The summed E-state index contributed by atoms with van der Waals surface area (Å²) in [6.07, 6.45) is -2.17. The third kappa shape index (κ3) is 5.57. The van der Waals surface area contributed by atoms with Crippen LogP contribution in [0, 0.1) is 0 Å². The molecule has 128 valence electrons. The van der Waals surface area contributed by atoms with E-state index in [4.69, 9.17) is 18.9 Å². The summed E-state index contributed by atoms with van der Waals surface area (Å²) >= 11 is 0. The van der Waals surface area contributed by atoms with Gasteiger partial charge in [-0.25, -0.2) is 9.59 Å². The van der Waals surface area contributed by atoms with Crippen molar-refractivity contribution >= 4 is 12.2 Å². The molecule has 0 heterocycles. The molecule has 8 nitrogen and oxygen atoms in total. The molecule has 8 heteroatoms. The minimum atomic E-state index is -0.840. The smallest absolute Gasteiger partial charge is 0.409 e. The van der Waals surface area contributed by atoms with E-state index in [9.17, 15) is 9.59 Å². The Morgan fingerprint density at radius 1 is 0.957 bits per heavy atom. The monoisotopic (exact) mass is 326 g/mol. The Morgan fingerprint density at radius 2 is 1.48 bits per heavy atom. The number of carbonyl (C=O) groups excluding carboxylic acids is 2.